The van der Waals surface area contributed by atoms with Crippen molar-refractivity contribution in [3.8, 4) is 5.75 Å². The van der Waals surface area contributed by atoms with E-state index in [1.807, 2.05) is 23.4 Å². The van der Waals surface area contributed by atoms with Crippen LogP contribution in [-0.4, -0.2) is 18.5 Å². The van der Waals surface area contributed by atoms with Crippen molar-refractivity contribution < 1.29 is 27.2 Å². The van der Waals surface area contributed by atoms with Gasteiger partial charge in [-0.15, -0.1) is 0 Å². The first-order valence-electron chi connectivity index (χ1n) is 9.03. The van der Waals surface area contributed by atoms with Crippen LogP contribution in [0.25, 0.3) is 0 Å². The van der Waals surface area contributed by atoms with Crippen molar-refractivity contribution in [3.05, 3.63) is 59.4 Å². The summed E-state index contributed by atoms with van der Waals surface area (Å²) in [6.07, 6.45) is 0. The van der Waals surface area contributed by atoms with E-state index in [0.29, 0.717) is 24.0 Å². The van der Waals surface area contributed by atoms with E-state index in [1.165, 1.54) is 35.7 Å². The molecule has 0 saturated heterocycles. The fourth-order valence-electron chi connectivity index (χ4n) is 2.93. The number of halogens is 1. The molecule has 3 nitrogen and oxygen atoms in total. The SMILES string of the molecule is CC(C)[C@H]1COC(c2ccccc2[O-])=N1.C[C]1[C](C)[C](C)[C](C)[C]1C.[Cl][Rh+2]. The predicted molar refractivity (Wildman–Crippen MR) is 107 cm³/mol. The normalized spacial score (nSPS) is 22.0. The van der Waals surface area contributed by atoms with Crippen molar-refractivity contribution in [3.63, 3.8) is 0 Å². The molecule has 27 heavy (non-hydrogen) atoms. The Balaban J connectivity index is 0.000000265. The molecule has 1 saturated carbocycles. The van der Waals surface area contributed by atoms with Crippen molar-refractivity contribution in [2.75, 3.05) is 6.61 Å². The molecule has 0 spiro atoms. The van der Waals surface area contributed by atoms with Crippen LogP contribution in [0.5, 0.6) is 5.75 Å². The fourth-order valence-corrected chi connectivity index (χ4v) is 2.93. The predicted octanol–water partition coefficient (Wildman–Crippen LogP) is 5.22. The van der Waals surface area contributed by atoms with Gasteiger partial charge in [0, 0.05) is 5.56 Å². The van der Waals surface area contributed by atoms with Gasteiger partial charge in [-0.05, 0) is 35.5 Å². The molecule has 0 aromatic heterocycles. The molecular formula is C22H29ClNO2Rh+. The Bertz CT molecular complexity index is 563. The third-order valence-corrected chi connectivity index (χ3v) is 5.37. The Labute approximate surface area is 179 Å². The van der Waals surface area contributed by atoms with Crippen LogP contribution in [0.15, 0.2) is 29.3 Å². The molecule has 1 aromatic rings. The van der Waals surface area contributed by atoms with Gasteiger partial charge in [-0.25, -0.2) is 4.99 Å². The van der Waals surface area contributed by atoms with Gasteiger partial charge in [-0.1, -0.05) is 78.5 Å². The molecule has 0 amide bonds. The average molecular weight is 478 g/mol. The summed E-state index contributed by atoms with van der Waals surface area (Å²) >= 11 is 2.02. The molecule has 5 heteroatoms. The second-order valence-electron chi connectivity index (χ2n) is 7.18. The van der Waals surface area contributed by atoms with Gasteiger partial charge in [0.15, 0.2) is 0 Å². The summed E-state index contributed by atoms with van der Waals surface area (Å²) in [6, 6.07) is 7.01. The topological polar surface area (TPSA) is 44.6 Å². The first-order chi connectivity index (χ1) is 12.7. The zero-order valence-corrected chi connectivity index (χ0v) is 19.5. The fraction of sp³-hybridized carbons (Fsp3) is 0.455. The molecule has 149 valence electrons. The number of hydrogen-bond donors (Lipinski definition) is 0. The molecule has 1 aliphatic carbocycles. The van der Waals surface area contributed by atoms with Crippen molar-refractivity contribution in [2.24, 2.45) is 10.9 Å². The zero-order chi connectivity index (χ0) is 20.7. The number of ether oxygens (including phenoxy) is 1. The third kappa shape index (κ3) is 6.19. The van der Waals surface area contributed by atoms with Crippen LogP contribution in [0.1, 0.15) is 54.0 Å². The molecule has 3 rings (SSSR count). The van der Waals surface area contributed by atoms with Crippen molar-refractivity contribution in [1.29, 1.82) is 0 Å². The van der Waals surface area contributed by atoms with Gasteiger partial charge in [0.1, 0.15) is 6.61 Å². The summed E-state index contributed by atoms with van der Waals surface area (Å²) in [4.78, 5) is 4.41. The van der Waals surface area contributed by atoms with Gasteiger partial charge in [-0.3, -0.25) is 0 Å². The summed E-state index contributed by atoms with van der Waals surface area (Å²) < 4.78 is 5.44. The molecule has 0 unspecified atom stereocenters. The molecular weight excluding hydrogens is 449 g/mol. The van der Waals surface area contributed by atoms with E-state index in [-0.39, 0.29) is 11.8 Å². The Morgan fingerprint density at radius 2 is 1.41 bits per heavy atom. The Morgan fingerprint density at radius 3 is 1.78 bits per heavy atom. The van der Waals surface area contributed by atoms with Crippen LogP contribution in [0, 0.1) is 35.5 Å². The van der Waals surface area contributed by atoms with Crippen molar-refractivity contribution in [2.45, 2.75) is 54.5 Å². The van der Waals surface area contributed by atoms with Gasteiger partial charge in [0.2, 0.25) is 5.90 Å². The summed E-state index contributed by atoms with van der Waals surface area (Å²) in [5.41, 5.74) is 0.570. The molecule has 1 atom stereocenters. The molecule has 5 radical (unpaired) electrons. The van der Waals surface area contributed by atoms with Crippen LogP contribution in [0.2, 0.25) is 0 Å². The van der Waals surface area contributed by atoms with Crippen LogP contribution in [-0.2, 0) is 22.0 Å². The van der Waals surface area contributed by atoms with E-state index in [1.54, 1.807) is 12.1 Å². The second kappa shape index (κ2) is 11.4. The van der Waals surface area contributed by atoms with Crippen LogP contribution in [0.3, 0.4) is 0 Å². The number of hydrogen-bond acceptors (Lipinski definition) is 3. The first kappa shape index (κ1) is 24.4. The number of para-hydroxylation sites is 1. The molecule has 1 aromatic carbocycles. The van der Waals surface area contributed by atoms with Gasteiger partial charge in [0.05, 0.1) is 6.04 Å². The van der Waals surface area contributed by atoms with Crippen molar-refractivity contribution >= 4 is 15.6 Å². The monoisotopic (exact) mass is 477 g/mol. The maximum absolute atomic E-state index is 11.5. The van der Waals surface area contributed by atoms with Gasteiger partial charge >= 0.3 is 27.0 Å². The minimum absolute atomic E-state index is 0.0272. The van der Waals surface area contributed by atoms with E-state index in [4.69, 9.17) is 4.74 Å². The quantitative estimate of drug-likeness (QED) is 0.548. The van der Waals surface area contributed by atoms with Crippen LogP contribution >= 0.6 is 9.69 Å². The number of rotatable bonds is 2. The maximum atomic E-state index is 11.5. The van der Waals surface area contributed by atoms with Gasteiger partial charge in [-0.2, -0.15) is 0 Å². The second-order valence-corrected chi connectivity index (χ2v) is 7.18. The zero-order valence-electron chi connectivity index (χ0n) is 17.1. The average Bonchev–Trinajstić information content (AvgIpc) is 3.22. The third-order valence-electron chi connectivity index (χ3n) is 5.37. The molecule has 0 N–H and O–H groups in total. The first-order valence-corrected chi connectivity index (χ1v) is 11.1. The Hall–Kier alpha value is -0.597. The number of benzene rings is 1. The Morgan fingerprint density at radius 1 is 0.963 bits per heavy atom. The van der Waals surface area contributed by atoms with E-state index >= 15 is 0 Å². The van der Waals surface area contributed by atoms with E-state index < -0.39 is 0 Å². The van der Waals surface area contributed by atoms with E-state index in [0.717, 1.165) is 0 Å². The van der Waals surface area contributed by atoms with E-state index in [2.05, 4.69) is 63.1 Å². The molecule has 1 aliphatic heterocycles. The summed E-state index contributed by atoms with van der Waals surface area (Å²) in [5, 5.41) is 11.5. The minimum atomic E-state index is -0.0272. The molecule has 2 aliphatic rings. The van der Waals surface area contributed by atoms with E-state index in [9.17, 15) is 5.11 Å². The molecule has 1 heterocycles. The van der Waals surface area contributed by atoms with Crippen molar-refractivity contribution in [1.82, 2.24) is 0 Å². The molecule has 0 bridgehead atoms. The van der Waals surface area contributed by atoms with Crippen LogP contribution < -0.4 is 5.11 Å². The van der Waals surface area contributed by atoms with Gasteiger partial charge < -0.3 is 9.84 Å². The Kier molecular flexibility index (Phi) is 10.3. The summed E-state index contributed by atoms with van der Waals surface area (Å²) in [6.45, 7) is 15.8. The molecule has 1 fully saturated rings. The van der Waals surface area contributed by atoms with Gasteiger partial charge in [0.25, 0.3) is 0 Å². The van der Waals surface area contributed by atoms with Crippen LogP contribution in [0.4, 0.5) is 0 Å². The summed E-state index contributed by atoms with van der Waals surface area (Å²) in [7, 11) is 4.53. The summed E-state index contributed by atoms with van der Waals surface area (Å²) in [5.74, 6) is 8.26. The number of nitrogens with zero attached hydrogens (tertiary/aromatic N) is 1. The standard InChI is InChI=1S/C12H15NO2.C10H15.ClH.Rh/c1-8(2)10-7-15-12(13-10)9-5-3-4-6-11(9)14;1-6-7(2)9(4)10(5)8(6)3;;/h3-6,8,10,14H,7H2,1-2H3;1-5H3;1H;/q;;;+3/p-2/t10-;;;/m1.../s1. The number of aliphatic imine (C=N–C) groups is 1.